The summed E-state index contributed by atoms with van der Waals surface area (Å²) in [5.41, 5.74) is 2.53. The molecule has 1 N–H and O–H groups in total. The van der Waals surface area contributed by atoms with Gasteiger partial charge in [-0.2, -0.15) is 0 Å². The predicted octanol–water partition coefficient (Wildman–Crippen LogP) is 3.96. The van der Waals surface area contributed by atoms with E-state index in [0.717, 1.165) is 17.9 Å². The highest BCUT2D eigenvalue weighted by Gasteiger charge is 2.17. The number of rotatable bonds is 2. The number of pyridine rings is 1. The van der Waals surface area contributed by atoms with Crippen molar-refractivity contribution in [1.29, 1.82) is 0 Å². The molecule has 2 heteroatoms. The molecule has 2 aromatic rings. The highest BCUT2D eigenvalue weighted by atomic mass is 15.0. The minimum Gasteiger partial charge on any atom is -0.370 e. The Balaban J connectivity index is 2.64. The van der Waals surface area contributed by atoms with E-state index in [2.05, 4.69) is 57.3 Å². The Morgan fingerprint density at radius 1 is 1.12 bits per heavy atom. The molecule has 2 rings (SSSR count). The summed E-state index contributed by atoms with van der Waals surface area (Å²) in [6.07, 6.45) is 0. The molecule has 17 heavy (non-hydrogen) atoms. The number of nitrogens with one attached hydrogen (secondary N) is 1. The second-order valence-electron chi connectivity index (χ2n) is 5.35. The van der Waals surface area contributed by atoms with Gasteiger partial charge in [0.2, 0.25) is 0 Å². The maximum absolute atomic E-state index is 4.72. The standard InChI is InChI=1S/C15H20N2/c1-5-16-13-10-9-11-7-6-8-12(14(11)17-13)15(2,3)4/h6-10H,5H2,1-4H3,(H,16,17). The van der Waals surface area contributed by atoms with Crippen LogP contribution in [0.25, 0.3) is 10.9 Å². The Morgan fingerprint density at radius 3 is 2.53 bits per heavy atom. The van der Waals surface area contributed by atoms with Gasteiger partial charge in [0.25, 0.3) is 0 Å². The summed E-state index contributed by atoms with van der Waals surface area (Å²) in [5.74, 6) is 0.955. The predicted molar refractivity (Wildman–Crippen MR) is 74.6 cm³/mol. The number of nitrogens with zero attached hydrogens (tertiary/aromatic N) is 1. The van der Waals surface area contributed by atoms with Crippen LogP contribution in [0.3, 0.4) is 0 Å². The van der Waals surface area contributed by atoms with Crippen LogP contribution in [0.5, 0.6) is 0 Å². The third-order valence-corrected chi connectivity index (χ3v) is 2.89. The molecule has 0 saturated carbocycles. The van der Waals surface area contributed by atoms with Gasteiger partial charge in [-0.1, -0.05) is 39.0 Å². The van der Waals surface area contributed by atoms with Crippen LogP contribution in [0, 0.1) is 0 Å². The lowest BCUT2D eigenvalue weighted by Crippen LogP contribution is -2.12. The van der Waals surface area contributed by atoms with Crippen molar-refractivity contribution in [1.82, 2.24) is 4.98 Å². The van der Waals surface area contributed by atoms with Gasteiger partial charge >= 0.3 is 0 Å². The summed E-state index contributed by atoms with van der Waals surface area (Å²) in [7, 11) is 0. The molecule has 0 aliphatic heterocycles. The number of hydrogen-bond acceptors (Lipinski definition) is 2. The van der Waals surface area contributed by atoms with Crippen molar-refractivity contribution in [2.45, 2.75) is 33.1 Å². The highest BCUT2D eigenvalue weighted by Crippen LogP contribution is 2.29. The van der Waals surface area contributed by atoms with Crippen LogP contribution in [-0.2, 0) is 5.41 Å². The van der Waals surface area contributed by atoms with Crippen LogP contribution in [-0.4, -0.2) is 11.5 Å². The van der Waals surface area contributed by atoms with Crippen molar-refractivity contribution in [3.8, 4) is 0 Å². The number of para-hydroxylation sites is 1. The molecule has 1 aromatic carbocycles. The van der Waals surface area contributed by atoms with Crippen molar-refractivity contribution in [3.63, 3.8) is 0 Å². The topological polar surface area (TPSA) is 24.9 Å². The zero-order valence-corrected chi connectivity index (χ0v) is 11.0. The van der Waals surface area contributed by atoms with E-state index in [-0.39, 0.29) is 5.41 Å². The fraction of sp³-hybridized carbons (Fsp3) is 0.400. The van der Waals surface area contributed by atoms with Crippen LogP contribution in [0.2, 0.25) is 0 Å². The van der Waals surface area contributed by atoms with Crippen LogP contribution in [0.1, 0.15) is 33.3 Å². The molecule has 0 unspecified atom stereocenters. The van der Waals surface area contributed by atoms with Crippen molar-refractivity contribution >= 4 is 16.7 Å². The molecule has 0 fully saturated rings. The van der Waals surface area contributed by atoms with Gasteiger partial charge in [0.1, 0.15) is 5.82 Å². The summed E-state index contributed by atoms with van der Waals surface area (Å²) >= 11 is 0. The van der Waals surface area contributed by atoms with Gasteiger partial charge in [0, 0.05) is 11.9 Å². The molecule has 0 radical (unpaired) electrons. The SMILES string of the molecule is CCNc1ccc2cccc(C(C)(C)C)c2n1. The fourth-order valence-corrected chi connectivity index (χ4v) is 2.03. The molecule has 1 heterocycles. The van der Waals surface area contributed by atoms with Crippen LogP contribution in [0.15, 0.2) is 30.3 Å². The van der Waals surface area contributed by atoms with Crippen LogP contribution < -0.4 is 5.32 Å². The van der Waals surface area contributed by atoms with Crippen LogP contribution in [0.4, 0.5) is 5.82 Å². The second kappa shape index (κ2) is 4.36. The summed E-state index contributed by atoms with van der Waals surface area (Å²) in [6.45, 7) is 9.66. The maximum atomic E-state index is 4.72. The first-order chi connectivity index (χ1) is 8.02. The van der Waals surface area contributed by atoms with Crippen molar-refractivity contribution in [2.24, 2.45) is 0 Å². The molecule has 0 bridgehead atoms. The van der Waals surface area contributed by atoms with Crippen molar-refractivity contribution in [3.05, 3.63) is 35.9 Å². The normalized spacial score (nSPS) is 11.8. The summed E-state index contributed by atoms with van der Waals surface area (Å²) in [6, 6.07) is 10.6. The van der Waals surface area contributed by atoms with Crippen molar-refractivity contribution in [2.75, 3.05) is 11.9 Å². The van der Waals surface area contributed by atoms with E-state index in [1.165, 1.54) is 10.9 Å². The minimum absolute atomic E-state index is 0.122. The molecule has 0 amide bonds. The molecule has 90 valence electrons. The Morgan fingerprint density at radius 2 is 1.88 bits per heavy atom. The lowest BCUT2D eigenvalue weighted by Gasteiger charge is -2.20. The number of fused-ring (bicyclic) bond motifs is 1. The molecule has 0 aliphatic rings. The molecule has 0 aliphatic carbocycles. The third-order valence-electron chi connectivity index (χ3n) is 2.89. The largest absolute Gasteiger partial charge is 0.370 e. The van der Waals surface area contributed by atoms with Gasteiger partial charge in [-0.3, -0.25) is 0 Å². The number of aromatic nitrogens is 1. The van der Waals surface area contributed by atoms with Gasteiger partial charge in [0.05, 0.1) is 5.52 Å². The summed E-state index contributed by atoms with van der Waals surface area (Å²) in [5, 5.41) is 4.47. The summed E-state index contributed by atoms with van der Waals surface area (Å²) in [4.78, 5) is 4.72. The zero-order valence-electron chi connectivity index (χ0n) is 11.0. The van der Waals surface area contributed by atoms with Crippen molar-refractivity contribution < 1.29 is 0 Å². The molecule has 2 nitrogen and oxygen atoms in total. The van der Waals surface area contributed by atoms with Gasteiger partial charge in [-0.15, -0.1) is 0 Å². The van der Waals surface area contributed by atoms with Crippen LogP contribution >= 0.6 is 0 Å². The first-order valence-corrected chi connectivity index (χ1v) is 6.16. The average molecular weight is 228 g/mol. The Bertz CT molecular complexity index is 524. The maximum Gasteiger partial charge on any atom is 0.126 e. The first-order valence-electron chi connectivity index (χ1n) is 6.16. The van der Waals surface area contributed by atoms with Gasteiger partial charge in [-0.05, 0) is 30.0 Å². The molecule has 0 atom stereocenters. The second-order valence-corrected chi connectivity index (χ2v) is 5.35. The smallest absolute Gasteiger partial charge is 0.126 e. The van der Waals surface area contributed by atoms with E-state index >= 15 is 0 Å². The van der Waals surface area contributed by atoms with E-state index < -0.39 is 0 Å². The van der Waals surface area contributed by atoms with E-state index in [1.54, 1.807) is 0 Å². The lowest BCUT2D eigenvalue weighted by molar-refractivity contribution is 0.594. The molecular weight excluding hydrogens is 208 g/mol. The third kappa shape index (κ3) is 2.41. The molecular formula is C15H20N2. The van der Waals surface area contributed by atoms with E-state index in [0.29, 0.717) is 0 Å². The van der Waals surface area contributed by atoms with E-state index in [4.69, 9.17) is 4.98 Å². The van der Waals surface area contributed by atoms with E-state index in [1.807, 2.05) is 6.07 Å². The summed E-state index contributed by atoms with van der Waals surface area (Å²) < 4.78 is 0. The first kappa shape index (κ1) is 11.9. The highest BCUT2D eigenvalue weighted by molar-refractivity contribution is 5.84. The Kier molecular flexibility index (Phi) is 3.05. The quantitative estimate of drug-likeness (QED) is 0.841. The number of hydrogen-bond donors (Lipinski definition) is 1. The molecule has 0 saturated heterocycles. The minimum atomic E-state index is 0.122. The Hall–Kier alpha value is -1.57. The molecule has 0 spiro atoms. The average Bonchev–Trinajstić information content (AvgIpc) is 2.27. The fourth-order valence-electron chi connectivity index (χ4n) is 2.03. The number of anilines is 1. The molecule has 1 aromatic heterocycles. The van der Waals surface area contributed by atoms with Gasteiger partial charge in [-0.25, -0.2) is 4.98 Å². The zero-order chi connectivity index (χ0) is 12.5. The van der Waals surface area contributed by atoms with E-state index in [9.17, 15) is 0 Å². The van der Waals surface area contributed by atoms with Gasteiger partial charge in [0.15, 0.2) is 0 Å². The monoisotopic (exact) mass is 228 g/mol. The number of benzene rings is 1. The lowest BCUT2D eigenvalue weighted by atomic mass is 9.85. The Labute approximate surface area is 103 Å². The van der Waals surface area contributed by atoms with Gasteiger partial charge < -0.3 is 5.32 Å².